The SMILES string of the molecule is CC(C)CN(C(=O)C(N)Cc1ccccc1)C1CC1. The molecule has 19 heavy (non-hydrogen) atoms. The Morgan fingerprint density at radius 1 is 1.32 bits per heavy atom. The quantitative estimate of drug-likeness (QED) is 0.852. The summed E-state index contributed by atoms with van der Waals surface area (Å²) in [5.74, 6) is 0.605. The summed E-state index contributed by atoms with van der Waals surface area (Å²) in [6.45, 7) is 5.11. The second-order valence-corrected chi connectivity index (χ2v) is 5.91. The van der Waals surface area contributed by atoms with Crippen molar-refractivity contribution in [3.05, 3.63) is 35.9 Å². The van der Waals surface area contributed by atoms with E-state index in [4.69, 9.17) is 5.73 Å². The number of hydrogen-bond donors (Lipinski definition) is 1. The van der Waals surface area contributed by atoms with E-state index in [1.54, 1.807) is 0 Å². The lowest BCUT2D eigenvalue weighted by Crippen LogP contribution is -2.47. The minimum absolute atomic E-state index is 0.111. The molecule has 2 rings (SSSR count). The second kappa shape index (κ2) is 6.20. The molecule has 2 N–H and O–H groups in total. The molecule has 0 spiro atoms. The molecule has 1 unspecified atom stereocenters. The van der Waals surface area contributed by atoms with Crippen LogP contribution in [0.3, 0.4) is 0 Å². The van der Waals surface area contributed by atoms with Gasteiger partial charge < -0.3 is 10.6 Å². The highest BCUT2D eigenvalue weighted by molar-refractivity contribution is 5.82. The fraction of sp³-hybridized carbons (Fsp3) is 0.562. The summed E-state index contributed by atoms with van der Waals surface area (Å²) in [7, 11) is 0. The molecule has 104 valence electrons. The first-order valence-electron chi connectivity index (χ1n) is 7.18. The lowest BCUT2D eigenvalue weighted by Gasteiger charge is -2.27. The molecule has 3 heteroatoms. The first-order valence-corrected chi connectivity index (χ1v) is 7.18. The van der Waals surface area contributed by atoms with Gasteiger partial charge in [-0.2, -0.15) is 0 Å². The van der Waals surface area contributed by atoms with Crippen molar-refractivity contribution >= 4 is 5.91 Å². The highest BCUT2D eigenvalue weighted by atomic mass is 16.2. The summed E-state index contributed by atoms with van der Waals surface area (Å²) in [4.78, 5) is 14.5. The van der Waals surface area contributed by atoms with Gasteiger partial charge in [-0.15, -0.1) is 0 Å². The van der Waals surface area contributed by atoms with Gasteiger partial charge in [0.25, 0.3) is 0 Å². The third kappa shape index (κ3) is 4.06. The van der Waals surface area contributed by atoms with Crippen LogP contribution in [0.2, 0.25) is 0 Å². The molecule has 1 atom stereocenters. The largest absolute Gasteiger partial charge is 0.338 e. The molecule has 0 bridgehead atoms. The smallest absolute Gasteiger partial charge is 0.240 e. The number of carbonyl (C=O) groups is 1. The molecule has 1 aliphatic carbocycles. The predicted octanol–water partition coefficient (Wildman–Crippen LogP) is 2.20. The van der Waals surface area contributed by atoms with Crippen molar-refractivity contribution in [2.24, 2.45) is 11.7 Å². The summed E-state index contributed by atoms with van der Waals surface area (Å²) in [6, 6.07) is 10.0. The number of carbonyl (C=O) groups excluding carboxylic acids is 1. The molecule has 0 heterocycles. The van der Waals surface area contributed by atoms with Crippen molar-refractivity contribution in [2.45, 2.75) is 45.2 Å². The van der Waals surface area contributed by atoms with Gasteiger partial charge in [0.2, 0.25) is 5.91 Å². The van der Waals surface area contributed by atoms with Crippen LogP contribution in [0.5, 0.6) is 0 Å². The van der Waals surface area contributed by atoms with Gasteiger partial charge in [0.1, 0.15) is 0 Å². The van der Waals surface area contributed by atoms with E-state index in [9.17, 15) is 4.79 Å². The molecule has 1 aliphatic rings. The first kappa shape index (κ1) is 14.1. The fourth-order valence-electron chi connectivity index (χ4n) is 2.37. The Bertz CT molecular complexity index is 412. The monoisotopic (exact) mass is 260 g/mol. The van der Waals surface area contributed by atoms with Gasteiger partial charge in [-0.1, -0.05) is 44.2 Å². The molecule has 0 saturated heterocycles. The molecule has 3 nitrogen and oxygen atoms in total. The van der Waals surface area contributed by atoms with Crippen LogP contribution in [0.15, 0.2) is 30.3 Å². The summed E-state index contributed by atoms with van der Waals surface area (Å²) in [5, 5.41) is 0. The third-order valence-electron chi connectivity index (χ3n) is 3.45. The molecule has 0 aliphatic heterocycles. The van der Waals surface area contributed by atoms with Gasteiger partial charge in [0, 0.05) is 12.6 Å². The van der Waals surface area contributed by atoms with E-state index in [0.717, 1.165) is 24.9 Å². The lowest BCUT2D eigenvalue weighted by atomic mass is 10.0. The van der Waals surface area contributed by atoms with Crippen molar-refractivity contribution in [1.82, 2.24) is 4.90 Å². The van der Waals surface area contributed by atoms with Crippen LogP contribution in [-0.2, 0) is 11.2 Å². The van der Waals surface area contributed by atoms with Crippen LogP contribution >= 0.6 is 0 Å². The maximum Gasteiger partial charge on any atom is 0.240 e. The Kier molecular flexibility index (Phi) is 4.59. The maximum atomic E-state index is 12.5. The highest BCUT2D eigenvalue weighted by Crippen LogP contribution is 2.28. The number of nitrogens with zero attached hydrogens (tertiary/aromatic N) is 1. The van der Waals surface area contributed by atoms with E-state index in [1.807, 2.05) is 35.2 Å². The fourth-order valence-corrected chi connectivity index (χ4v) is 2.37. The molecular weight excluding hydrogens is 236 g/mol. The van der Waals surface area contributed by atoms with E-state index in [0.29, 0.717) is 18.4 Å². The van der Waals surface area contributed by atoms with E-state index < -0.39 is 6.04 Å². The van der Waals surface area contributed by atoms with Crippen LogP contribution < -0.4 is 5.73 Å². The van der Waals surface area contributed by atoms with Gasteiger partial charge in [-0.25, -0.2) is 0 Å². The average Bonchev–Trinajstić information content (AvgIpc) is 3.20. The minimum atomic E-state index is -0.415. The van der Waals surface area contributed by atoms with E-state index in [1.165, 1.54) is 0 Å². The topological polar surface area (TPSA) is 46.3 Å². The van der Waals surface area contributed by atoms with Crippen LogP contribution in [0, 0.1) is 5.92 Å². The second-order valence-electron chi connectivity index (χ2n) is 5.91. The molecule has 1 aromatic rings. The zero-order valence-electron chi connectivity index (χ0n) is 11.9. The zero-order valence-corrected chi connectivity index (χ0v) is 11.9. The van der Waals surface area contributed by atoms with Gasteiger partial charge in [0.15, 0.2) is 0 Å². The molecule has 1 fully saturated rings. The molecular formula is C16H24N2O. The predicted molar refractivity (Wildman–Crippen MR) is 77.7 cm³/mol. The summed E-state index contributed by atoms with van der Waals surface area (Å²) in [5.41, 5.74) is 7.23. The lowest BCUT2D eigenvalue weighted by molar-refractivity contribution is -0.133. The van der Waals surface area contributed by atoms with E-state index >= 15 is 0 Å². The molecule has 1 saturated carbocycles. The van der Waals surface area contributed by atoms with E-state index in [2.05, 4.69) is 13.8 Å². The zero-order chi connectivity index (χ0) is 13.8. The van der Waals surface area contributed by atoms with Crippen molar-refractivity contribution in [3.8, 4) is 0 Å². The normalized spacial score (nSPS) is 16.4. The molecule has 0 aromatic heterocycles. The third-order valence-corrected chi connectivity index (χ3v) is 3.45. The minimum Gasteiger partial charge on any atom is -0.338 e. The summed E-state index contributed by atoms with van der Waals surface area (Å²) in [6.07, 6.45) is 2.90. The van der Waals surface area contributed by atoms with E-state index in [-0.39, 0.29) is 5.91 Å². The van der Waals surface area contributed by atoms with Gasteiger partial charge in [0.05, 0.1) is 6.04 Å². The van der Waals surface area contributed by atoms with Crippen LogP contribution in [0.1, 0.15) is 32.3 Å². The molecule has 1 amide bonds. The Morgan fingerprint density at radius 2 is 1.95 bits per heavy atom. The number of nitrogens with two attached hydrogens (primary N) is 1. The Morgan fingerprint density at radius 3 is 2.47 bits per heavy atom. The summed E-state index contributed by atoms with van der Waals surface area (Å²) < 4.78 is 0. The van der Waals surface area contributed by atoms with Gasteiger partial charge in [-0.05, 0) is 30.7 Å². The number of rotatable bonds is 6. The Labute approximate surface area is 115 Å². The first-order chi connectivity index (χ1) is 9.08. The maximum absolute atomic E-state index is 12.5. The van der Waals surface area contributed by atoms with Crippen molar-refractivity contribution < 1.29 is 4.79 Å². The Balaban J connectivity index is 1.96. The van der Waals surface area contributed by atoms with Crippen molar-refractivity contribution in [3.63, 3.8) is 0 Å². The van der Waals surface area contributed by atoms with Gasteiger partial charge in [-0.3, -0.25) is 4.79 Å². The summed E-state index contributed by atoms with van der Waals surface area (Å²) >= 11 is 0. The van der Waals surface area contributed by atoms with Crippen LogP contribution in [0.4, 0.5) is 0 Å². The molecule has 1 aromatic carbocycles. The number of hydrogen-bond acceptors (Lipinski definition) is 2. The van der Waals surface area contributed by atoms with Gasteiger partial charge >= 0.3 is 0 Å². The number of benzene rings is 1. The highest BCUT2D eigenvalue weighted by Gasteiger charge is 2.34. The molecule has 0 radical (unpaired) electrons. The average molecular weight is 260 g/mol. The van der Waals surface area contributed by atoms with Crippen LogP contribution in [0.25, 0.3) is 0 Å². The van der Waals surface area contributed by atoms with Crippen molar-refractivity contribution in [1.29, 1.82) is 0 Å². The van der Waals surface area contributed by atoms with Crippen LogP contribution in [-0.4, -0.2) is 29.4 Å². The van der Waals surface area contributed by atoms with Crippen molar-refractivity contribution in [2.75, 3.05) is 6.54 Å². The Hall–Kier alpha value is -1.35. The number of amides is 1. The standard InChI is InChI=1S/C16H24N2O/c1-12(2)11-18(14-8-9-14)16(19)15(17)10-13-6-4-3-5-7-13/h3-7,12,14-15H,8-11,17H2,1-2H3.